The summed E-state index contributed by atoms with van der Waals surface area (Å²) in [7, 11) is 0. The number of anilines is 1. The van der Waals surface area contributed by atoms with Crippen LogP contribution in [0, 0.1) is 13.8 Å². The molecule has 4 aromatic rings. The summed E-state index contributed by atoms with van der Waals surface area (Å²) in [6.07, 6.45) is -1.90. The lowest BCUT2D eigenvalue weighted by Gasteiger charge is -2.21. The summed E-state index contributed by atoms with van der Waals surface area (Å²) in [4.78, 5) is 35.4. The fourth-order valence-electron chi connectivity index (χ4n) is 4.75. The lowest BCUT2D eigenvalue weighted by molar-refractivity contribution is -0.274. The standard InChI is InChI=1S/C31H29F3N6O3S/c1-19-5-4-6-20(2)27(19)40-26(41)17-44-30(40)37-29(42)36-21(3)7-8-22-9-11-23(12-10-22)28-35-18-39(38-28)24-13-15-25(16-14-24)43-31(32,33)34/h4-6,9-16,18,21H,7-8,17H2,1-3H3,(H,36,42). The zero-order chi connectivity index (χ0) is 31.4. The molecule has 0 bridgehead atoms. The number of hydrogen-bond donors (Lipinski definition) is 1. The molecule has 1 unspecified atom stereocenters. The molecule has 3 amide bonds. The summed E-state index contributed by atoms with van der Waals surface area (Å²) in [5.41, 5.74) is 5.00. The van der Waals surface area contributed by atoms with Crippen LogP contribution in [0.25, 0.3) is 17.1 Å². The number of aryl methyl sites for hydroxylation is 3. The second kappa shape index (κ2) is 12.9. The van der Waals surface area contributed by atoms with Crippen molar-refractivity contribution in [3.63, 3.8) is 0 Å². The van der Waals surface area contributed by atoms with Crippen LogP contribution < -0.4 is 15.0 Å². The van der Waals surface area contributed by atoms with Gasteiger partial charge in [-0.3, -0.25) is 9.69 Å². The zero-order valence-corrected chi connectivity index (χ0v) is 24.9. The van der Waals surface area contributed by atoms with Crippen molar-refractivity contribution in [2.24, 2.45) is 4.99 Å². The van der Waals surface area contributed by atoms with Crippen molar-refractivity contribution in [2.45, 2.75) is 46.0 Å². The van der Waals surface area contributed by atoms with Gasteiger partial charge in [-0.25, -0.2) is 14.5 Å². The quantitative estimate of drug-likeness (QED) is 0.237. The number of benzene rings is 3. The minimum absolute atomic E-state index is 0.106. The fourth-order valence-corrected chi connectivity index (χ4v) is 5.60. The van der Waals surface area contributed by atoms with Crippen LogP contribution in [-0.4, -0.2) is 50.0 Å². The molecule has 5 rings (SSSR count). The number of aromatic nitrogens is 3. The molecule has 0 spiro atoms. The van der Waals surface area contributed by atoms with Crippen molar-refractivity contribution < 1.29 is 27.5 Å². The molecule has 1 saturated heterocycles. The predicted octanol–water partition coefficient (Wildman–Crippen LogP) is 6.62. The highest BCUT2D eigenvalue weighted by molar-refractivity contribution is 8.15. The Morgan fingerprint density at radius 1 is 1.07 bits per heavy atom. The van der Waals surface area contributed by atoms with Crippen molar-refractivity contribution in [1.29, 1.82) is 0 Å². The van der Waals surface area contributed by atoms with Gasteiger partial charge in [-0.05, 0) is 74.6 Å². The zero-order valence-electron chi connectivity index (χ0n) is 24.1. The second-order valence-corrected chi connectivity index (χ2v) is 11.2. The third-order valence-electron chi connectivity index (χ3n) is 6.90. The number of ether oxygens (including phenoxy) is 1. The molecule has 3 aromatic carbocycles. The number of hydrogen-bond acceptors (Lipinski definition) is 6. The molecule has 228 valence electrons. The van der Waals surface area contributed by atoms with Crippen molar-refractivity contribution >= 4 is 34.6 Å². The van der Waals surface area contributed by atoms with Crippen LogP contribution in [0.5, 0.6) is 5.75 Å². The van der Waals surface area contributed by atoms with Gasteiger partial charge in [0.25, 0.3) is 0 Å². The molecule has 1 fully saturated rings. The normalized spacial score (nSPS) is 15.1. The molecular weight excluding hydrogens is 593 g/mol. The van der Waals surface area contributed by atoms with E-state index in [0.717, 1.165) is 27.9 Å². The number of amidine groups is 1. The monoisotopic (exact) mass is 622 g/mol. The number of alkyl halides is 3. The first kappa shape index (κ1) is 30.8. The van der Waals surface area contributed by atoms with Crippen LogP contribution in [0.2, 0.25) is 0 Å². The van der Waals surface area contributed by atoms with Crippen molar-refractivity contribution in [2.75, 3.05) is 10.7 Å². The molecule has 1 atom stereocenters. The molecule has 2 heterocycles. The summed E-state index contributed by atoms with van der Waals surface area (Å²) in [6, 6.07) is 18.2. The van der Waals surface area contributed by atoms with E-state index in [1.165, 1.54) is 51.9 Å². The first-order valence-corrected chi connectivity index (χ1v) is 14.7. The van der Waals surface area contributed by atoms with Crippen LogP contribution in [0.4, 0.5) is 23.7 Å². The maximum absolute atomic E-state index is 12.7. The van der Waals surface area contributed by atoms with Crippen LogP contribution in [-0.2, 0) is 11.2 Å². The van der Waals surface area contributed by atoms with E-state index in [9.17, 15) is 22.8 Å². The van der Waals surface area contributed by atoms with E-state index < -0.39 is 12.4 Å². The smallest absolute Gasteiger partial charge is 0.406 e. The summed E-state index contributed by atoms with van der Waals surface area (Å²) in [6.45, 7) is 5.76. The Balaban J connectivity index is 1.15. The van der Waals surface area contributed by atoms with Crippen molar-refractivity contribution in [1.82, 2.24) is 20.1 Å². The molecule has 1 aliphatic heterocycles. The van der Waals surface area contributed by atoms with Crippen LogP contribution >= 0.6 is 11.8 Å². The Morgan fingerprint density at radius 3 is 2.41 bits per heavy atom. The summed E-state index contributed by atoms with van der Waals surface area (Å²) in [5, 5.41) is 7.70. The van der Waals surface area contributed by atoms with Gasteiger partial charge in [-0.15, -0.1) is 18.3 Å². The Kier molecular flexibility index (Phi) is 9.04. The van der Waals surface area contributed by atoms with Gasteiger partial charge < -0.3 is 10.1 Å². The average molecular weight is 623 g/mol. The van der Waals surface area contributed by atoms with Gasteiger partial charge in [-0.2, -0.15) is 4.99 Å². The fraction of sp³-hybridized carbons (Fsp3) is 0.258. The number of nitrogens with one attached hydrogen (secondary N) is 1. The molecule has 0 radical (unpaired) electrons. The second-order valence-electron chi connectivity index (χ2n) is 10.3. The number of carbonyl (C=O) groups excluding carboxylic acids is 2. The maximum atomic E-state index is 12.7. The number of rotatable bonds is 8. The minimum atomic E-state index is -4.75. The van der Waals surface area contributed by atoms with Gasteiger partial charge in [0, 0.05) is 11.6 Å². The van der Waals surface area contributed by atoms with Gasteiger partial charge >= 0.3 is 12.4 Å². The van der Waals surface area contributed by atoms with Gasteiger partial charge in [0.1, 0.15) is 12.1 Å². The Bertz CT molecular complexity index is 1670. The molecule has 44 heavy (non-hydrogen) atoms. The van der Waals surface area contributed by atoms with Gasteiger partial charge in [-0.1, -0.05) is 54.2 Å². The summed E-state index contributed by atoms with van der Waals surface area (Å²) >= 11 is 1.25. The Morgan fingerprint density at radius 2 is 1.75 bits per heavy atom. The van der Waals surface area contributed by atoms with Gasteiger partial charge in [0.05, 0.1) is 17.1 Å². The van der Waals surface area contributed by atoms with Crippen LogP contribution in [0.15, 0.2) is 78.0 Å². The number of halogens is 3. The first-order chi connectivity index (χ1) is 21.0. The van der Waals surface area contributed by atoms with Crippen molar-refractivity contribution in [3.8, 4) is 22.8 Å². The molecular formula is C31H29F3N6O3S. The Labute approximate surface area is 256 Å². The van der Waals surface area contributed by atoms with Crippen LogP contribution in [0.1, 0.15) is 30.0 Å². The van der Waals surface area contributed by atoms with E-state index in [0.29, 0.717) is 29.5 Å². The number of urea groups is 1. The van der Waals surface area contributed by atoms with E-state index in [1.807, 2.05) is 63.2 Å². The maximum Gasteiger partial charge on any atom is 0.573 e. The predicted molar refractivity (Wildman–Crippen MR) is 163 cm³/mol. The molecule has 9 nitrogen and oxygen atoms in total. The van der Waals surface area contributed by atoms with E-state index >= 15 is 0 Å². The Hall–Kier alpha value is -4.65. The third kappa shape index (κ3) is 7.46. The number of aliphatic imine (C=N–C) groups is 1. The van der Waals surface area contributed by atoms with Gasteiger partial charge in [0.15, 0.2) is 11.0 Å². The molecule has 13 heteroatoms. The lowest BCUT2D eigenvalue weighted by Crippen LogP contribution is -2.34. The molecule has 1 N–H and O–H groups in total. The number of thioether (sulfide) groups is 1. The number of para-hydroxylation sites is 1. The molecule has 1 aliphatic rings. The lowest BCUT2D eigenvalue weighted by atomic mass is 10.0. The largest absolute Gasteiger partial charge is 0.573 e. The topological polar surface area (TPSA) is 102 Å². The third-order valence-corrected chi connectivity index (χ3v) is 7.82. The summed E-state index contributed by atoms with van der Waals surface area (Å²) < 4.78 is 42.6. The molecule has 1 aromatic heterocycles. The number of amides is 3. The molecule has 0 saturated carbocycles. The highest BCUT2D eigenvalue weighted by Crippen LogP contribution is 2.32. The van der Waals surface area contributed by atoms with Crippen molar-refractivity contribution in [3.05, 3.63) is 89.7 Å². The average Bonchev–Trinajstić information content (AvgIpc) is 3.59. The highest BCUT2D eigenvalue weighted by Gasteiger charge is 2.33. The SMILES string of the molecule is Cc1cccc(C)c1N1C(=O)CSC1=NC(=O)NC(C)CCc1ccc(-c2ncn(-c3ccc(OC(F)(F)F)cc3)n2)cc1. The number of nitrogens with zero attached hydrogens (tertiary/aromatic N) is 5. The van der Waals surface area contributed by atoms with Crippen LogP contribution in [0.3, 0.4) is 0 Å². The summed E-state index contributed by atoms with van der Waals surface area (Å²) in [5.74, 6) is 0.273. The first-order valence-electron chi connectivity index (χ1n) is 13.7. The van der Waals surface area contributed by atoms with E-state index in [2.05, 4.69) is 25.1 Å². The number of carbonyl (C=O) groups is 2. The highest BCUT2D eigenvalue weighted by atomic mass is 32.2. The molecule has 0 aliphatic carbocycles. The van der Waals surface area contributed by atoms with E-state index in [4.69, 9.17) is 0 Å². The van der Waals surface area contributed by atoms with E-state index in [-0.39, 0.29) is 23.5 Å². The minimum Gasteiger partial charge on any atom is -0.406 e. The van der Waals surface area contributed by atoms with Gasteiger partial charge in [0.2, 0.25) is 5.91 Å². The van der Waals surface area contributed by atoms with E-state index in [1.54, 1.807) is 0 Å².